The molecule has 0 saturated carbocycles. The van der Waals surface area contributed by atoms with Gasteiger partial charge in [0.1, 0.15) is 0 Å². The number of ketones is 1. The summed E-state index contributed by atoms with van der Waals surface area (Å²) in [7, 11) is 1.10. The molecule has 1 aliphatic heterocycles. The lowest BCUT2D eigenvalue weighted by Crippen LogP contribution is -2.53. The van der Waals surface area contributed by atoms with Gasteiger partial charge in [0.25, 0.3) is 9.70 Å². The van der Waals surface area contributed by atoms with Crippen LogP contribution in [0.4, 0.5) is 0 Å². The van der Waals surface area contributed by atoms with Gasteiger partial charge in [-0.05, 0) is 25.2 Å². The van der Waals surface area contributed by atoms with Gasteiger partial charge in [0.2, 0.25) is 0 Å². The number of hydrogen-bond acceptors (Lipinski definition) is 7. The Bertz CT molecular complexity index is 888. The van der Waals surface area contributed by atoms with Crippen LogP contribution in [0.15, 0.2) is 18.2 Å². The lowest BCUT2D eigenvalue weighted by atomic mass is 10.1. The summed E-state index contributed by atoms with van der Waals surface area (Å²) >= 11 is 16.7. The van der Waals surface area contributed by atoms with Gasteiger partial charge in [-0.1, -0.05) is 34.8 Å². The first-order valence-electron chi connectivity index (χ1n) is 8.41. The summed E-state index contributed by atoms with van der Waals surface area (Å²) in [6.07, 6.45) is 0. The van der Waals surface area contributed by atoms with Crippen LogP contribution in [-0.4, -0.2) is 80.2 Å². The third-order valence-electron chi connectivity index (χ3n) is 4.56. The Morgan fingerprint density at radius 3 is 2.34 bits per heavy atom. The van der Waals surface area contributed by atoms with Crippen molar-refractivity contribution in [3.63, 3.8) is 0 Å². The van der Waals surface area contributed by atoms with Crippen molar-refractivity contribution in [3.05, 3.63) is 23.8 Å². The van der Waals surface area contributed by atoms with Crippen molar-refractivity contribution in [1.82, 2.24) is 10.2 Å². The van der Waals surface area contributed by atoms with Crippen LogP contribution < -0.4 is 14.8 Å². The van der Waals surface area contributed by atoms with E-state index in [1.807, 2.05) is 0 Å². The Balaban J connectivity index is 2.15. The molecule has 1 aromatic carbocycles. The van der Waals surface area contributed by atoms with Gasteiger partial charge in [-0.2, -0.15) is 0 Å². The molecule has 2 rings (SSSR count). The minimum Gasteiger partial charge on any atom is -0.493 e. The summed E-state index contributed by atoms with van der Waals surface area (Å²) < 4.78 is 32.3. The molecule has 12 heteroatoms. The fraction of sp³-hybridized carbons (Fsp3) is 0.529. The SMILES string of the molecule is COc1ccc(C(=O)CN(C)[C@H]2CS(=O)(=O)C[C@H]2NC(=O)C(Cl)(Cl)Cl)cc1OC. The Morgan fingerprint density at radius 1 is 1.17 bits per heavy atom. The molecule has 1 fully saturated rings. The Kier molecular flexibility index (Phi) is 7.67. The van der Waals surface area contributed by atoms with Crippen LogP contribution in [0.3, 0.4) is 0 Å². The minimum absolute atomic E-state index is 0.0875. The Labute approximate surface area is 184 Å². The van der Waals surface area contributed by atoms with Gasteiger partial charge in [0.15, 0.2) is 27.1 Å². The fourth-order valence-corrected chi connectivity index (χ4v) is 5.26. The number of carbonyl (C=O) groups excluding carboxylic acids is 2. The molecule has 0 aliphatic carbocycles. The molecule has 0 radical (unpaired) electrons. The van der Waals surface area contributed by atoms with E-state index in [4.69, 9.17) is 44.3 Å². The number of carbonyl (C=O) groups is 2. The second kappa shape index (κ2) is 9.26. The fourth-order valence-electron chi connectivity index (χ4n) is 3.10. The highest BCUT2D eigenvalue weighted by Crippen LogP contribution is 2.29. The molecule has 8 nitrogen and oxygen atoms in total. The van der Waals surface area contributed by atoms with Crippen LogP contribution >= 0.6 is 34.8 Å². The van der Waals surface area contributed by atoms with Crippen LogP contribution in [0, 0.1) is 0 Å². The number of nitrogens with zero attached hydrogens (tertiary/aromatic N) is 1. The second-order valence-electron chi connectivity index (χ2n) is 6.63. The molecular weight excluding hydrogens is 467 g/mol. The van der Waals surface area contributed by atoms with Crippen molar-refractivity contribution in [1.29, 1.82) is 0 Å². The van der Waals surface area contributed by atoms with E-state index < -0.39 is 31.6 Å². The zero-order valence-corrected chi connectivity index (χ0v) is 19.0. The average molecular weight is 488 g/mol. The summed E-state index contributed by atoms with van der Waals surface area (Å²) in [4.78, 5) is 26.2. The molecule has 0 bridgehead atoms. The smallest absolute Gasteiger partial charge is 0.272 e. The van der Waals surface area contributed by atoms with Gasteiger partial charge in [-0.3, -0.25) is 14.5 Å². The van der Waals surface area contributed by atoms with Crippen LogP contribution in [0.5, 0.6) is 11.5 Å². The molecule has 1 saturated heterocycles. The first-order valence-corrected chi connectivity index (χ1v) is 11.4. The lowest BCUT2D eigenvalue weighted by Gasteiger charge is -2.29. The van der Waals surface area contributed by atoms with E-state index in [1.54, 1.807) is 30.1 Å². The van der Waals surface area contributed by atoms with Gasteiger partial charge in [-0.15, -0.1) is 0 Å². The normalized spacial score (nSPS) is 21.1. The summed E-state index contributed by atoms with van der Waals surface area (Å²) in [5.41, 5.74) is 0.372. The van der Waals surface area contributed by atoms with Crippen LogP contribution in [-0.2, 0) is 14.6 Å². The molecule has 0 unspecified atom stereocenters. The highest BCUT2D eigenvalue weighted by atomic mass is 35.6. The predicted octanol–water partition coefficient (Wildman–Crippen LogP) is 1.47. The van der Waals surface area contributed by atoms with Crippen molar-refractivity contribution in [3.8, 4) is 11.5 Å². The first-order chi connectivity index (χ1) is 13.4. The minimum atomic E-state index is -3.43. The monoisotopic (exact) mass is 486 g/mol. The maximum atomic E-state index is 12.7. The molecule has 2 atom stereocenters. The summed E-state index contributed by atoms with van der Waals surface area (Å²) in [6, 6.07) is 3.27. The number of Topliss-reactive ketones (excluding diaryl/α,β-unsaturated/α-hetero) is 1. The molecule has 0 spiro atoms. The van der Waals surface area contributed by atoms with Gasteiger partial charge in [0.05, 0.1) is 38.3 Å². The Hall–Kier alpha value is -1.26. The number of benzene rings is 1. The molecule has 1 N–H and O–H groups in total. The van der Waals surface area contributed by atoms with Crippen molar-refractivity contribution < 1.29 is 27.5 Å². The molecular formula is C17H21Cl3N2O6S. The average Bonchev–Trinajstić information content (AvgIpc) is 2.94. The number of methoxy groups -OCH3 is 2. The van der Waals surface area contributed by atoms with Crippen molar-refractivity contribution in [2.24, 2.45) is 0 Å². The van der Waals surface area contributed by atoms with Gasteiger partial charge in [0, 0.05) is 11.6 Å². The quantitative estimate of drug-likeness (QED) is 0.459. The molecule has 1 aromatic rings. The number of ether oxygens (including phenoxy) is 2. The van der Waals surface area contributed by atoms with Crippen LogP contribution in [0.2, 0.25) is 0 Å². The second-order valence-corrected chi connectivity index (χ2v) is 11.1. The highest BCUT2D eigenvalue weighted by Gasteiger charge is 2.43. The molecule has 1 amide bonds. The van der Waals surface area contributed by atoms with E-state index in [0.29, 0.717) is 17.1 Å². The topological polar surface area (TPSA) is 102 Å². The third kappa shape index (κ3) is 6.11. The molecule has 0 aromatic heterocycles. The number of nitrogens with one attached hydrogen (secondary N) is 1. The zero-order valence-electron chi connectivity index (χ0n) is 15.9. The highest BCUT2D eigenvalue weighted by molar-refractivity contribution is 7.91. The number of likely N-dealkylation sites (N-methyl/N-ethyl adjacent to an activating group) is 1. The number of sulfone groups is 1. The summed E-state index contributed by atoms with van der Waals surface area (Å²) in [6.45, 7) is -0.0875. The lowest BCUT2D eigenvalue weighted by molar-refractivity contribution is -0.121. The molecule has 1 aliphatic rings. The third-order valence-corrected chi connectivity index (χ3v) is 6.79. The molecule has 29 heavy (non-hydrogen) atoms. The number of rotatable bonds is 7. The largest absolute Gasteiger partial charge is 0.493 e. The Morgan fingerprint density at radius 2 is 1.79 bits per heavy atom. The van der Waals surface area contributed by atoms with E-state index in [0.717, 1.165) is 0 Å². The standard InChI is InChI=1S/C17H21Cl3N2O6S/c1-22(7-13(23)10-4-5-14(27-2)15(6-10)28-3)12-9-29(25,26)8-11(12)21-16(24)17(18,19)20/h4-6,11-12H,7-9H2,1-3H3,(H,21,24)/t11-,12+/m1/s1. The maximum absolute atomic E-state index is 12.7. The van der Waals surface area contributed by atoms with E-state index in [1.165, 1.54) is 14.2 Å². The van der Waals surface area contributed by atoms with Gasteiger partial charge in [-0.25, -0.2) is 8.42 Å². The van der Waals surface area contributed by atoms with Crippen LogP contribution in [0.1, 0.15) is 10.4 Å². The van der Waals surface area contributed by atoms with E-state index in [9.17, 15) is 18.0 Å². The number of alkyl halides is 3. The van der Waals surface area contributed by atoms with E-state index in [-0.39, 0.29) is 23.8 Å². The van der Waals surface area contributed by atoms with Crippen molar-refractivity contribution >= 4 is 56.3 Å². The van der Waals surface area contributed by atoms with Crippen molar-refractivity contribution in [2.45, 2.75) is 15.9 Å². The molecule has 162 valence electrons. The van der Waals surface area contributed by atoms with Gasteiger partial charge >= 0.3 is 0 Å². The maximum Gasteiger partial charge on any atom is 0.272 e. The first kappa shape index (κ1) is 24.0. The van der Waals surface area contributed by atoms with Crippen molar-refractivity contribution in [2.75, 3.05) is 39.3 Å². The predicted molar refractivity (Wildman–Crippen MR) is 111 cm³/mol. The zero-order chi connectivity index (χ0) is 22.0. The number of hydrogen-bond donors (Lipinski definition) is 1. The number of halogens is 3. The van der Waals surface area contributed by atoms with E-state index in [2.05, 4.69) is 5.32 Å². The summed E-state index contributed by atoms with van der Waals surface area (Å²) in [5, 5.41) is 2.45. The molecule has 1 heterocycles. The summed E-state index contributed by atoms with van der Waals surface area (Å²) in [5.74, 6) is -0.837. The van der Waals surface area contributed by atoms with Crippen LogP contribution in [0.25, 0.3) is 0 Å². The number of amides is 1. The van der Waals surface area contributed by atoms with Gasteiger partial charge < -0.3 is 14.8 Å². The van der Waals surface area contributed by atoms with E-state index >= 15 is 0 Å².